The topological polar surface area (TPSA) is 29.9 Å². The Morgan fingerprint density at radius 2 is 2.11 bits per heavy atom. The molecule has 0 atom stereocenters. The Bertz CT molecular complexity index is 411. The Hall–Kier alpha value is -0.830. The quantitative estimate of drug-likeness (QED) is 0.866. The van der Waals surface area contributed by atoms with Crippen LogP contribution < -0.4 is 5.32 Å². The maximum absolute atomic E-state index is 4.49. The van der Waals surface area contributed by atoms with Gasteiger partial charge in [-0.2, -0.15) is 5.10 Å². The van der Waals surface area contributed by atoms with Crippen LogP contribution in [0.5, 0.6) is 0 Å². The van der Waals surface area contributed by atoms with Gasteiger partial charge in [0.25, 0.3) is 0 Å². The van der Waals surface area contributed by atoms with Crippen LogP contribution in [0.15, 0.2) is 6.07 Å². The second-order valence-electron chi connectivity index (χ2n) is 6.44. The molecule has 3 rings (SSSR count). The molecule has 3 heteroatoms. The summed E-state index contributed by atoms with van der Waals surface area (Å²) in [7, 11) is 2.08. The van der Waals surface area contributed by atoms with Crippen molar-refractivity contribution in [3.8, 4) is 0 Å². The zero-order chi connectivity index (χ0) is 12.6. The van der Waals surface area contributed by atoms with Crippen LogP contribution in [0, 0.1) is 12.3 Å². The van der Waals surface area contributed by atoms with Crippen LogP contribution in [0.4, 0.5) is 0 Å². The molecule has 1 aromatic heterocycles. The standard InChI is InChI=1S/C15H25N3/c1-12-9-14(18(2)17-12)10-15(7-3-4-8-15)11-16-13-5-6-13/h9,13,16H,3-8,10-11H2,1-2H3. The fourth-order valence-electron chi connectivity index (χ4n) is 3.40. The summed E-state index contributed by atoms with van der Waals surface area (Å²) in [5.41, 5.74) is 3.06. The maximum Gasteiger partial charge on any atom is 0.0596 e. The molecular formula is C15H25N3. The number of aryl methyl sites for hydroxylation is 2. The van der Waals surface area contributed by atoms with Crippen molar-refractivity contribution in [3.63, 3.8) is 0 Å². The minimum Gasteiger partial charge on any atom is -0.313 e. The van der Waals surface area contributed by atoms with Crippen LogP contribution in [0.1, 0.15) is 49.9 Å². The molecule has 0 aliphatic heterocycles. The Morgan fingerprint density at radius 1 is 1.39 bits per heavy atom. The lowest BCUT2D eigenvalue weighted by Crippen LogP contribution is -2.35. The van der Waals surface area contributed by atoms with Gasteiger partial charge in [-0.05, 0) is 50.5 Å². The predicted octanol–water partition coefficient (Wildman–Crippen LogP) is 2.58. The normalized spacial score (nSPS) is 22.6. The van der Waals surface area contributed by atoms with Gasteiger partial charge in [-0.3, -0.25) is 4.68 Å². The first-order valence-corrected chi connectivity index (χ1v) is 7.40. The fourth-order valence-corrected chi connectivity index (χ4v) is 3.40. The number of rotatable bonds is 5. The van der Waals surface area contributed by atoms with Crippen molar-refractivity contribution < 1.29 is 0 Å². The molecule has 0 spiro atoms. The summed E-state index contributed by atoms with van der Waals surface area (Å²) in [5, 5.41) is 8.24. The summed E-state index contributed by atoms with van der Waals surface area (Å²) in [6.07, 6.45) is 9.56. The highest BCUT2D eigenvalue weighted by Gasteiger charge is 2.36. The molecule has 2 saturated carbocycles. The summed E-state index contributed by atoms with van der Waals surface area (Å²) >= 11 is 0. The second-order valence-corrected chi connectivity index (χ2v) is 6.44. The molecule has 2 aliphatic rings. The SMILES string of the molecule is Cc1cc(CC2(CNC3CC3)CCCC2)n(C)n1. The Labute approximate surface area is 110 Å². The molecule has 2 fully saturated rings. The Kier molecular flexibility index (Phi) is 3.18. The van der Waals surface area contributed by atoms with E-state index in [4.69, 9.17) is 0 Å². The predicted molar refractivity (Wildman–Crippen MR) is 73.6 cm³/mol. The summed E-state index contributed by atoms with van der Waals surface area (Å²) in [4.78, 5) is 0. The van der Waals surface area contributed by atoms with E-state index in [0.717, 1.165) is 11.7 Å². The van der Waals surface area contributed by atoms with Gasteiger partial charge < -0.3 is 5.32 Å². The van der Waals surface area contributed by atoms with E-state index in [-0.39, 0.29) is 0 Å². The van der Waals surface area contributed by atoms with Gasteiger partial charge in [0.15, 0.2) is 0 Å². The molecule has 0 unspecified atom stereocenters. The van der Waals surface area contributed by atoms with Crippen molar-refractivity contribution in [1.82, 2.24) is 15.1 Å². The molecule has 100 valence electrons. The highest BCUT2D eigenvalue weighted by atomic mass is 15.3. The van der Waals surface area contributed by atoms with Crippen LogP contribution in [0.3, 0.4) is 0 Å². The number of nitrogens with zero attached hydrogens (tertiary/aromatic N) is 2. The summed E-state index contributed by atoms with van der Waals surface area (Å²) in [6, 6.07) is 3.09. The van der Waals surface area contributed by atoms with Crippen LogP contribution in [-0.2, 0) is 13.5 Å². The molecule has 0 bridgehead atoms. The third kappa shape index (κ3) is 2.61. The third-order valence-electron chi connectivity index (χ3n) is 4.66. The lowest BCUT2D eigenvalue weighted by atomic mass is 9.81. The van der Waals surface area contributed by atoms with Gasteiger partial charge in [0.1, 0.15) is 0 Å². The molecular weight excluding hydrogens is 222 g/mol. The molecule has 1 N–H and O–H groups in total. The third-order valence-corrected chi connectivity index (χ3v) is 4.66. The minimum atomic E-state index is 0.503. The molecule has 1 heterocycles. The van der Waals surface area contributed by atoms with Gasteiger partial charge in [0.2, 0.25) is 0 Å². The van der Waals surface area contributed by atoms with Gasteiger partial charge in [-0.1, -0.05) is 12.8 Å². The van der Waals surface area contributed by atoms with Crippen molar-refractivity contribution in [3.05, 3.63) is 17.5 Å². The van der Waals surface area contributed by atoms with Crippen LogP contribution in [-0.4, -0.2) is 22.4 Å². The van der Waals surface area contributed by atoms with E-state index in [1.807, 2.05) is 0 Å². The van der Waals surface area contributed by atoms with E-state index in [1.165, 1.54) is 57.2 Å². The van der Waals surface area contributed by atoms with E-state index >= 15 is 0 Å². The van der Waals surface area contributed by atoms with Gasteiger partial charge >= 0.3 is 0 Å². The Morgan fingerprint density at radius 3 is 2.67 bits per heavy atom. The molecule has 1 aromatic rings. The number of aromatic nitrogens is 2. The van der Waals surface area contributed by atoms with E-state index < -0.39 is 0 Å². The summed E-state index contributed by atoms with van der Waals surface area (Å²) in [6.45, 7) is 3.30. The average molecular weight is 247 g/mol. The van der Waals surface area contributed by atoms with Crippen molar-refractivity contribution in [2.24, 2.45) is 12.5 Å². The minimum absolute atomic E-state index is 0.503. The lowest BCUT2D eigenvalue weighted by molar-refractivity contribution is 0.270. The van der Waals surface area contributed by atoms with E-state index in [1.54, 1.807) is 0 Å². The summed E-state index contributed by atoms with van der Waals surface area (Å²) < 4.78 is 2.08. The number of hydrogen-bond donors (Lipinski definition) is 1. The smallest absolute Gasteiger partial charge is 0.0596 e. The maximum atomic E-state index is 4.49. The van der Waals surface area contributed by atoms with E-state index in [0.29, 0.717) is 5.41 Å². The Balaban J connectivity index is 1.70. The molecule has 0 aromatic carbocycles. The number of nitrogens with one attached hydrogen (secondary N) is 1. The zero-order valence-corrected chi connectivity index (χ0v) is 11.7. The van der Waals surface area contributed by atoms with Crippen LogP contribution in [0.25, 0.3) is 0 Å². The first-order valence-electron chi connectivity index (χ1n) is 7.40. The van der Waals surface area contributed by atoms with E-state index in [9.17, 15) is 0 Å². The van der Waals surface area contributed by atoms with Crippen molar-refractivity contribution in [2.45, 2.75) is 57.9 Å². The molecule has 18 heavy (non-hydrogen) atoms. The number of hydrogen-bond acceptors (Lipinski definition) is 2. The molecule has 0 radical (unpaired) electrons. The highest BCUT2D eigenvalue weighted by molar-refractivity contribution is 5.12. The van der Waals surface area contributed by atoms with E-state index in [2.05, 4.69) is 35.1 Å². The molecule has 2 aliphatic carbocycles. The van der Waals surface area contributed by atoms with Crippen molar-refractivity contribution in [1.29, 1.82) is 0 Å². The molecule has 0 amide bonds. The van der Waals surface area contributed by atoms with Crippen LogP contribution in [0.2, 0.25) is 0 Å². The first-order chi connectivity index (χ1) is 8.67. The van der Waals surface area contributed by atoms with Gasteiger partial charge in [0, 0.05) is 25.3 Å². The van der Waals surface area contributed by atoms with Crippen molar-refractivity contribution in [2.75, 3.05) is 6.54 Å². The molecule has 3 nitrogen and oxygen atoms in total. The zero-order valence-electron chi connectivity index (χ0n) is 11.7. The second kappa shape index (κ2) is 4.69. The lowest BCUT2D eigenvalue weighted by Gasteiger charge is -2.29. The monoisotopic (exact) mass is 247 g/mol. The highest BCUT2D eigenvalue weighted by Crippen LogP contribution is 2.41. The first kappa shape index (κ1) is 12.2. The molecule has 0 saturated heterocycles. The largest absolute Gasteiger partial charge is 0.313 e. The average Bonchev–Trinajstić information content (AvgIpc) is 2.97. The summed E-state index contributed by atoms with van der Waals surface area (Å²) in [5.74, 6) is 0. The fraction of sp³-hybridized carbons (Fsp3) is 0.800. The van der Waals surface area contributed by atoms with Gasteiger partial charge in [-0.25, -0.2) is 0 Å². The van der Waals surface area contributed by atoms with Crippen molar-refractivity contribution >= 4 is 0 Å². The van der Waals surface area contributed by atoms with Crippen LogP contribution >= 0.6 is 0 Å². The van der Waals surface area contributed by atoms with Gasteiger partial charge in [-0.15, -0.1) is 0 Å². The van der Waals surface area contributed by atoms with Gasteiger partial charge in [0.05, 0.1) is 5.69 Å².